The van der Waals surface area contributed by atoms with Crippen LogP contribution in [-0.2, 0) is 19.1 Å². The summed E-state index contributed by atoms with van der Waals surface area (Å²) in [6.45, 7) is 12.9. The molecule has 2 saturated carbocycles. The third kappa shape index (κ3) is 10.3. The van der Waals surface area contributed by atoms with Gasteiger partial charge in [0.25, 0.3) is 0 Å². The highest BCUT2D eigenvalue weighted by atomic mass is 16.7. The minimum Gasteiger partial charge on any atom is -0.459 e. The van der Waals surface area contributed by atoms with E-state index in [-0.39, 0.29) is 82.2 Å². The summed E-state index contributed by atoms with van der Waals surface area (Å²) in [5.41, 5.74) is 1.90. The van der Waals surface area contributed by atoms with Gasteiger partial charge in [-0.15, -0.1) is 6.58 Å². The number of fused-ring (bicyclic) bond motifs is 2. The zero-order valence-electron chi connectivity index (χ0n) is 33.2. The summed E-state index contributed by atoms with van der Waals surface area (Å²) in [4.78, 5) is 35.1. The smallest absolute Gasteiger partial charge is 0.412 e. The standard InChI is InChI=1S/C42H63N3O10/c1-6-22-52-42-36(45(18-23-51-24-21-48)39(49)28-14-15-28)27-34(44-55-41(3,4)5)32-25-29(12-8-10-19-46)31(13-9-11-20-47)37(38(32)42)33-26-30(16-17-35(33)54-42)53-40(50)43-7-2/h6,16-17,25-26,28-29,31,36-38,46-48H,1,7-15,18-24,27H2,2-5H3,(H,43,50)/t29-,31+,36-,37+,38+,42+/m0/s1. The molecule has 1 aromatic rings. The lowest BCUT2D eigenvalue weighted by molar-refractivity contribution is -0.258. The number of amides is 2. The maximum atomic E-state index is 14.4. The van der Waals surface area contributed by atoms with Crippen LogP contribution in [0.25, 0.3) is 0 Å². The lowest BCUT2D eigenvalue weighted by Crippen LogP contribution is -2.70. The SMILES string of the molecule is C=CCO[C@@]12Oc3ccc(OC(=O)NCC)cc3[C@H]3[C@H](CCCCO)[C@@H](CCCCO)C=C(C(=NOC(C)(C)C)C[C@@H]1N(CCOCCO)C(=O)C1CC1)[C@H]32. The Balaban J connectivity index is 1.77. The monoisotopic (exact) mass is 769 g/mol. The lowest BCUT2D eigenvalue weighted by atomic mass is 9.55. The van der Waals surface area contributed by atoms with Crippen LogP contribution in [0.2, 0.25) is 0 Å². The number of carbonyl (C=O) groups is 2. The summed E-state index contributed by atoms with van der Waals surface area (Å²) in [6, 6.07) is 4.77. The fraction of sp³-hybridized carbons (Fsp3) is 0.690. The van der Waals surface area contributed by atoms with Crippen LogP contribution in [0.15, 0.2) is 47.7 Å². The van der Waals surface area contributed by atoms with E-state index in [2.05, 4.69) is 18.0 Å². The van der Waals surface area contributed by atoms with E-state index in [1.807, 2.05) is 44.7 Å². The highest BCUT2D eigenvalue weighted by Gasteiger charge is 2.66. The number of allylic oxidation sites excluding steroid dienone is 1. The number of oxime groups is 1. The van der Waals surface area contributed by atoms with E-state index in [0.717, 1.165) is 49.7 Å². The number of benzene rings is 1. The number of aliphatic hydroxyl groups is 3. The first kappa shape index (κ1) is 42.6. The fourth-order valence-corrected chi connectivity index (χ4v) is 8.51. The van der Waals surface area contributed by atoms with Gasteiger partial charge in [-0.05, 0) is 102 Å². The number of hydrogen-bond donors (Lipinski definition) is 4. The predicted molar refractivity (Wildman–Crippen MR) is 208 cm³/mol. The van der Waals surface area contributed by atoms with Gasteiger partial charge in [-0.25, -0.2) is 4.79 Å². The van der Waals surface area contributed by atoms with Gasteiger partial charge >= 0.3 is 6.09 Å². The molecule has 13 heteroatoms. The molecule has 0 unspecified atom stereocenters. The molecule has 1 heterocycles. The van der Waals surface area contributed by atoms with Gasteiger partial charge in [0, 0.05) is 50.1 Å². The van der Waals surface area contributed by atoms with Gasteiger partial charge in [-0.2, -0.15) is 0 Å². The highest BCUT2D eigenvalue weighted by molar-refractivity contribution is 6.03. The van der Waals surface area contributed by atoms with Crippen LogP contribution < -0.4 is 14.8 Å². The van der Waals surface area contributed by atoms with E-state index in [4.69, 9.17) is 28.9 Å². The molecule has 1 aromatic carbocycles. The first-order chi connectivity index (χ1) is 26.5. The van der Waals surface area contributed by atoms with Crippen LogP contribution in [-0.4, -0.2) is 108 Å². The molecule has 3 aliphatic carbocycles. The Kier molecular flexibility index (Phi) is 15.2. The van der Waals surface area contributed by atoms with Crippen molar-refractivity contribution in [3.8, 4) is 11.5 Å². The minimum atomic E-state index is -1.40. The fourth-order valence-electron chi connectivity index (χ4n) is 8.51. The van der Waals surface area contributed by atoms with Gasteiger partial charge in [0.15, 0.2) is 0 Å². The first-order valence-corrected chi connectivity index (χ1v) is 20.2. The van der Waals surface area contributed by atoms with Crippen LogP contribution in [0.4, 0.5) is 4.79 Å². The van der Waals surface area contributed by atoms with E-state index in [1.54, 1.807) is 12.1 Å². The first-order valence-electron chi connectivity index (χ1n) is 20.2. The lowest BCUT2D eigenvalue weighted by Gasteiger charge is -2.60. The molecule has 55 heavy (non-hydrogen) atoms. The van der Waals surface area contributed by atoms with Gasteiger partial charge in [-0.1, -0.05) is 30.1 Å². The normalized spacial score (nSPS) is 26.3. The number of nitrogens with one attached hydrogen (secondary N) is 1. The van der Waals surface area contributed by atoms with Crippen LogP contribution in [0.1, 0.15) is 97.0 Å². The minimum absolute atomic E-state index is 0.00323. The summed E-state index contributed by atoms with van der Waals surface area (Å²) in [5.74, 6) is -1.23. The molecule has 2 fully saturated rings. The van der Waals surface area contributed by atoms with Crippen LogP contribution in [0.3, 0.4) is 0 Å². The molecule has 1 aliphatic heterocycles. The molecule has 6 atom stereocenters. The molecular formula is C42H63N3O10. The van der Waals surface area contributed by atoms with Gasteiger partial charge in [0.2, 0.25) is 11.7 Å². The topological polar surface area (TPSA) is 169 Å². The second-order valence-corrected chi connectivity index (χ2v) is 16.0. The van der Waals surface area contributed by atoms with Crippen molar-refractivity contribution in [3.05, 3.63) is 48.1 Å². The summed E-state index contributed by atoms with van der Waals surface area (Å²) in [7, 11) is 0. The molecule has 0 aromatic heterocycles. The predicted octanol–water partition coefficient (Wildman–Crippen LogP) is 5.47. The number of ether oxygens (including phenoxy) is 4. The van der Waals surface area contributed by atoms with Crippen LogP contribution >= 0.6 is 0 Å². The quantitative estimate of drug-likeness (QED) is 0.0715. The van der Waals surface area contributed by atoms with Gasteiger partial charge < -0.3 is 49.3 Å². The maximum Gasteiger partial charge on any atom is 0.412 e. The third-order valence-corrected chi connectivity index (χ3v) is 10.9. The molecule has 306 valence electrons. The molecule has 0 saturated heterocycles. The highest BCUT2D eigenvalue weighted by Crippen LogP contribution is 2.62. The summed E-state index contributed by atoms with van der Waals surface area (Å²) < 4.78 is 25.7. The van der Waals surface area contributed by atoms with E-state index in [9.17, 15) is 24.9 Å². The van der Waals surface area contributed by atoms with E-state index in [1.165, 1.54) is 0 Å². The number of carbonyl (C=O) groups excluding carboxylic acids is 2. The molecule has 0 bridgehead atoms. The Morgan fingerprint density at radius 3 is 2.47 bits per heavy atom. The van der Waals surface area contributed by atoms with E-state index >= 15 is 0 Å². The van der Waals surface area contributed by atoms with Gasteiger partial charge in [-0.3, -0.25) is 4.79 Å². The van der Waals surface area contributed by atoms with Crippen molar-refractivity contribution in [2.45, 2.75) is 109 Å². The molecule has 2 amide bonds. The molecule has 0 spiro atoms. The maximum absolute atomic E-state index is 14.4. The molecule has 4 aliphatic rings. The zero-order valence-corrected chi connectivity index (χ0v) is 33.2. The molecule has 0 radical (unpaired) electrons. The summed E-state index contributed by atoms with van der Waals surface area (Å²) in [6.07, 6.45) is 9.81. The van der Waals surface area contributed by atoms with Crippen molar-refractivity contribution in [2.24, 2.45) is 28.8 Å². The van der Waals surface area contributed by atoms with Crippen LogP contribution in [0.5, 0.6) is 11.5 Å². The number of nitrogens with zero attached hydrogens (tertiary/aromatic N) is 2. The number of unbranched alkanes of at least 4 members (excludes halogenated alkanes) is 2. The summed E-state index contributed by atoms with van der Waals surface area (Å²) >= 11 is 0. The Morgan fingerprint density at radius 2 is 1.82 bits per heavy atom. The van der Waals surface area contributed by atoms with E-state index in [0.29, 0.717) is 36.6 Å². The molecule has 5 rings (SSSR count). The molecule has 4 N–H and O–H groups in total. The van der Waals surface area contributed by atoms with Crippen molar-refractivity contribution < 1.29 is 48.7 Å². The van der Waals surface area contributed by atoms with Crippen molar-refractivity contribution in [3.63, 3.8) is 0 Å². The van der Waals surface area contributed by atoms with Crippen molar-refractivity contribution in [1.82, 2.24) is 10.2 Å². The molecular weight excluding hydrogens is 706 g/mol. The second-order valence-electron chi connectivity index (χ2n) is 16.0. The Morgan fingerprint density at radius 1 is 1.07 bits per heavy atom. The van der Waals surface area contributed by atoms with Crippen molar-refractivity contribution >= 4 is 17.7 Å². The Bertz CT molecular complexity index is 1520. The summed E-state index contributed by atoms with van der Waals surface area (Å²) in [5, 5.41) is 36.7. The van der Waals surface area contributed by atoms with Crippen molar-refractivity contribution in [2.75, 3.05) is 52.7 Å². The Hall–Kier alpha value is -3.49. The average Bonchev–Trinajstić information content (AvgIpc) is 4.00. The largest absolute Gasteiger partial charge is 0.459 e. The van der Waals surface area contributed by atoms with Gasteiger partial charge in [0.05, 0.1) is 38.1 Å². The zero-order chi connectivity index (χ0) is 39.6. The van der Waals surface area contributed by atoms with Crippen molar-refractivity contribution in [1.29, 1.82) is 0 Å². The average molecular weight is 770 g/mol. The molecule has 13 nitrogen and oxygen atoms in total. The van der Waals surface area contributed by atoms with Crippen LogP contribution in [0, 0.1) is 23.7 Å². The number of hydrogen-bond acceptors (Lipinski definition) is 11. The second kappa shape index (κ2) is 19.6. The Labute approximate surface area is 326 Å². The van der Waals surface area contributed by atoms with E-state index < -0.39 is 29.4 Å². The third-order valence-electron chi connectivity index (χ3n) is 10.9. The van der Waals surface area contributed by atoms with Gasteiger partial charge in [0.1, 0.15) is 23.1 Å². The number of aliphatic hydroxyl groups excluding tert-OH is 3. The number of rotatable bonds is 21.